The summed E-state index contributed by atoms with van der Waals surface area (Å²) in [6.45, 7) is 0.167. The first-order valence-corrected chi connectivity index (χ1v) is 6.88. The predicted molar refractivity (Wildman–Crippen MR) is 80.0 cm³/mol. The molecule has 0 atom stereocenters. The summed E-state index contributed by atoms with van der Waals surface area (Å²) < 4.78 is 39.5. The van der Waals surface area contributed by atoms with Gasteiger partial charge in [-0.2, -0.15) is 13.2 Å². The summed E-state index contributed by atoms with van der Waals surface area (Å²) in [4.78, 5) is 19.7. The van der Waals surface area contributed by atoms with E-state index in [1.807, 2.05) is 0 Å². The highest BCUT2D eigenvalue weighted by Crippen LogP contribution is 2.29. The highest BCUT2D eigenvalue weighted by atomic mass is 19.4. The van der Waals surface area contributed by atoms with Gasteiger partial charge in [-0.1, -0.05) is 6.07 Å². The van der Waals surface area contributed by atoms with Crippen LogP contribution in [0.2, 0.25) is 0 Å². The molecule has 0 radical (unpaired) electrons. The van der Waals surface area contributed by atoms with Gasteiger partial charge in [0.2, 0.25) is 0 Å². The number of hydrogen-bond acceptors (Lipinski definition) is 4. The molecule has 0 aliphatic rings. The standard InChI is InChI=1S/C15H12F3N5O/c16-15(17,18)11-8-23-5-1-2-10(13(23)22-11)14(24)21-7-9-3-4-12(19)20-6-9/h1-6,8H,7H2,(H2,19,20)(H,21,24). The molecule has 3 N–H and O–H groups in total. The largest absolute Gasteiger partial charge is 0.434 e. The molecule has 0 fully saturated rings. The predicted octanol–water partition coefficient (Wildman–Crippen LogP) is 2.26. The molecule has 6 nitrogen and oxygen atoms in total. The van der Waals surface area contributed by atoms with Crippen LogP contribution in [0.25, 0.3) is 5.65 Å². The van der Waals surface area contributed by atoms with Gasteiger partial charge in [-0.3, -0.25) is 4.79 Å². The number of aromatic nitrogens is 3. The third-order valence-electron chi connectivity index (χ3n) is 3.32. The number of nitrogens with two attached hydrogens (primary N) is 1. The lowest BCUT2D eigenvalue weighted by Crippen LogP contribution is -2.23. The molecule has 0 aromatic carbocycles. The van der Waals surface area contributed by atoms with E-state index in [1.54, 1.807) is 12.1 Å². The van der Waals surface area contributed by atoms with Crippen molar-refractivity contribution >= 4 is 17.4 Å². The van der Waals surface area contributed by atoms with Crippen molar-refractivity contribution < 1.29 is 18.0 Å². The summed E-state index contributed by atoms with van der Waals surface area (Å²) in [7, 11) is 0. The average molecular weight is 335 g/mol. The number of fused-ring (bicyclic) bond motifs is 1. The van der Waals surface area contributed by atoms with Crippen molar-refractivity contribution in [1.29, 1.82) is 0 Å². The van der Waals surface area contributed by atoms with Gasteiger partial charge in [0.15, 0.2) is 5.69 Å². The zero-order valence-corrected chi connectivity index (χ0v) is 12.2. The van der Waals surface area contributed by atoms with E-state index in [0.29, 0.717) is 11.4 Å². The van der Waals surface area contributed by atoms with Crippen LogP contribution in [-0.4, -0.2) is 20.3 Å². The lowest BCUT2D eigenvalue weighted by Gasteiger charge is -2.06. The molecular formula is C15H12F3N5O. The molecule has 3 aromatic rings. The van der Waals surface area contributed by atoms with Gasteiger partial charge < -0.3 is 15.5 Å². The van der Waals surface area contributed by atoms with Crippen LogP contribution in [0.4, 0.5) is 19.0 Å². The van der Waals surface area contributed by atoms with Crippen LogP contribution in [0, 0.1) is 0 Å². The van der Waals surface area contributed by atoms with Gasteiger partial charge in [0.25, 0.3) is 5.91 Å². The van der Waals surface area contributed by atoms with E-state index >= 15 is 0 Å². The minimum Gasteiger partial charge on any atom is -0.384 e. The maximum absolute atomic E-state index is 12.8. The lowest BCUT2D eigenvalue weighted by molar-refractivity contribution is -0.140. The van der Waals surface area contributed by atoms with Gasteiger partial charge in [0.05, 0.1) is 5.56 Å². The van der Waals surface area contributed by atoms with Crippen LogP contribution < -0.4 is 11.1 Å². The fourth-order valence-corrected chi connectivity index (χ4v) is 2.14. The van der Waals surface area contributed by atoms with Crippen LogP contribution in [0.3, 0.4) is 0 Å². The second-order valence-electron chi connectivity index (χ2n) is 5.05. The smallest absolute Gasteiger partial charge is 0.384 e. The fourth-order valence-electron chi connectivity index (χ4n) is 2.14. The van der Waals surface area contributed by atoms with E-state index in [1.165, 1.54) is 28.9 Å². The average Bonchev–Trinajstić information content (AvgIpc) is 2.98. The minimum absolute atomic E-state index is 0.0522. The van der Waals surface area contributed by atoms with Crippen molar-refractivity contribution in [2.24, 2.45) is 0 Å². The number of rotatable bonds is 3. The van der Waals surface area contributed by atoms with E-state index < -0.39 is 17.8 Å². The van der Waals surface area contributed by atoms with Crippen molar-refractivity contribution in [1.82, 2.24) is 19.7 Å². The van der Waals surface area contributed by atoms with Crippen molar-refractivity contribution in [3.8, 4) is 0 Å². The highest BCUT2D eigenvalue weighted by Gasteiger charge is 2.34. The maximum Gasteiger partial charge on any atom is 0.434 e. The van der Waals surface area contributed by atoms with Crippen LogP contribution in [-0.2, 0) is 12.7 Å². The number of alkyl halides is 3. The Morgan fingerprint density at radius 1 is 1.29 bits per heavy atom. The SMILES string of the molecule is Nc1ccc(CNC(=O)c2cccn3cc(C(F)(F)F)nc23)cn1. The molecule has 24 heavy (non-hydrogen) atoms. The zero-order chi connectivity index (χ0) is 17.3. The monoisotopic (exact) mass is 335 g/mol. The summed E-state index contributed by atoms with van der Waals surface area (Å²) in [5.41, 5.74) is 5.13. The molecule has 9 heteroatoms. The number of carbonyl (C=O) groups excluding carboxylic acids is 1. The Labute approximate surface area is 134 Å². The van der Waals surface area contributed by atoms with E-state index in [9.17, 15) is 18.0 Å². The Morgan fingerprint density at radius 2 is 2.08 bits per heavy atom. The molecule has 3 heterocycles. The molecule has 124 valence electrons. The molecule has 3 aromatic heterocycles. The van der Waals surface area contributed by atoms with Gasteiger partial charge in [0, 0.05) is 25.1 Å². The van der Waals surface area contributed by atoms with E-state index in [0.717, 1.165) is 6.20 Å². The maximum atomic E-state index is 12.8. The minimum atomic E-state index is -4.57. The van der Waals surface area contributed by atoms with Crippen LogP contribution in [0.15, 0.2) is 42.9 Å². The second-order valence-corrected chi connectivity index (χ2v) is 5.05. The summed E-state index contributed by atoms with van der Waals surface area (Å²) >= 11 is 0. The Bertz CT molecular complexity index is 886. The fraction of sp³-hybridized carbons (Fsp3) is 0.133. The lowest BCUT2D eigenvalue weighted by atomic mass is 10.2. The summed E-state index contributed by atoms with van der Waals surface area (Å²) in [6.07, 6.45) is -0.822. The first kappa shape index (κ1) is 15.8. The van der Waals surface area contributed by atoms with Crippen molar-refractivity contribution in [2.45, 2.75) is 12.7 Å². The molecule has 0 saturated heterocycles. The molecule has 1 amide bonds. The number of imidazole rings is 1. The molecule has 0 aliphatic heterocycles. The first-order chi connectivity index (χ1) is 11.3. The molecule has 3 rings (SSSR count). The van der Waals surface area contributed by atoms with Crippen LogP contribution in [0.1, 0.15) is 21.6 Å². The topological polar surface area (TPSA) is 85.3 Å². The second kappa shape index (κ2) is 5.84. The number of amides is 1. The zero-order valence-electron chi connectivity index (χ0n) is 12.2. The number of hydrogen-bond donors (Lipinski definition) is 2. The Morgan fingerprint density at radius 3 is 2.75 bits per heavy atom. The first-order valence-electron chi connectivity index (χ1n) is 6.88. The van der Waals surface area contributed by atoms with Gasteiger partial charge in [-0.05, 0) is 23.8 Å². The van der Waals surface area contributed by atoms with Crippen LogP contribution in [0.5, 0.6) is 0 Å². The Kier molecular flexibility index (Phi) is 3.84. The van der Waals surface area contributed by atoms with E-state index in [-0.39, 0.29) is 17.8 Å². The third kappa shape index (κ3) is 3.14. The third-order valence-corrected chi connectivity index (χ3v) is 3.32. The summed E-state index contributed by atoms with van der Waals surface area (Å²) in [6, 6.07) is 6.18. The molecule has 0 saturated carbocycles. The number of nitrogen functional groups attached to an aromatic ring is 1. The molecule has 0 spiro atoms. The van der Waals surface area contributed by atoms with Crippen molar-refractivity contribution in [3.63, 3.8) is 0 Å². The number of anilines is 1. The number of nitrogens with one attached hydrogen (secondary N) is 1. The van der Waals surface area contributed by atoms with Crippen LogP contribution >= 0.6 is 0 Å². The molecule has 0 unspecified atom stereocenters. The number of carbonyl (C=O) groups is 1. The van der Waals surface area contributed by atoms with Gasteiger partial charge in [-0.15, -0.1) is 0 Å². The van der Waals surface area contributed by atoms with Crippen molar-refractivity contribution in [3.05, 3.63) is 59.7 Å². The van der Waals surface area contributed by atoms with E-state index in [2.05, 4.69) is 15.3 Å². The number of halogens is 3. The normalized spacial score (nSPS) is 11.6. The number of nitrogens with zero attached hydrogens (tertiary/aromatic N) is 3. The quantitative estimate of drug-likeness (QED) is 0.769. The molecule has 0 aliphatic carbocycles. The molecular weight excluding hydrogens is 323 g/mol. The molecule has 0 bridgehead atoms. The highest BCUT2D eigenvalue weighted by molar-refractivity contribution is 5.99. The van der Waals surface area contributed by atoms with E-state index in [4.69, 9.17) is 5.73 Å². The van der Waals surface area contributed by atoms with Gasteiger partial charge in [0.1, 0.15) is 11.5 Å². The summed E-state index contributed by atoms with van der Waals surface area (Å²) in [5, 5.41) is 2.62. The number of pyridine rings is 2. The Hall–Kier alpha value is -3.10. The van der Waals surface area contributed by atoms with Gasteiger partial charge >= 0.3 is 6.18 Å². The van der Waals surface area contributed by atoms with Crippen molar-refractivity contribution in [2.75, 3.05) is 5.73 Å². The summed E-state index contributed by atoms with van der Waals surface area (Å²) in [5.74, 6) is -0.177. The Balaban J connectivity index is 1.84. The van der Waals surface area contributed by atoms with Gasteiger partial charge in [-0.25, -0.2) is 9.97 Å².